The molecular weight excluding hydrogens is 316 g/mol. The number of fused-ring (bicyclic) bond motifs is 2. The van der Waals surface area contributed by atoms with E-state index < -0.39 is 0 Å². The zero-order valence-corrected chi connectivity index (χ0v) is 15.0. The van der Waals surface area contributed by atoms with Crippen LogP contribution in [0.25, 0.3) is 0 Å². The van der Waals surface area contributed by atoms with Crippen molar-refractivity contribution in [2.75, 3.05) is 0 Å². The molecule has 2 aliphatic rings. The van der Waals surface area contributed by atoms with Crippen molar-refractivity contribution in [1.82, 2.24) is 0 Å². The second kappa shape index (κ2) is 6.41. The van der Waals surface area contributed by atoms with Gasteiger partial charge in [0.2, 0.25) is 0 Å². The molecule has 0 aromatic heterocycles. The molecule has 1 aliphatic carbocycles. The van der Waals surface area contributed by atoms with Crippen molar-refractivity contribution in [1.29, 1.82) is 0 Å². The van der Waals surface area contributed by atoms with Gasteiger partial charge in [0.1, 0.15) is 0 Å². The Kier molecular flexibility index (Phi) is 3.90. The lowest BCUT2D eigenvalue weighted by molar-refractivity contribution is 0.00587. The van der Waals surface area contributed by atoms with Gasteiger partial charge in [0.15, 0.2) is 0 Å². The largest absolute Gasteiger partial charge is 0.369 e. The summed E-state index contributed by atoms with van der Waals surface area (Å²) in [6.45, 7) is 0. The molecule has 0 spiro atoms. The minimum atomic E-state index is 0.191. The minimum Gasteiger partial charge on any atom is -0.369 e. The molecule has 5 rings (SSSR count). The molecule has 1 heterocycles. The van der Waals surface area contributed by atoms with E-state index in [1.54, 1.807) is 0 Å². The van der Waals surface area contributed by atoms with E-state index in [4.69, 9.17) is 4.74 Å². The summed E-state index contributed by atoms with van der Waals surface area (Å²) in [5.74, 6) is 0. The highest BCUT2D eigenvalue weighted by molar-refractivity contribution is 5.35. The highest BCUT2D eigenvalue weighted by atomic mass is 16.5. The van der Waals surface area contributed by atoms with E-state index in [1.165, 1.54) is 22.3 Å². The van der Waals surface area contributed by atoms with Gasteiger partial charge in [-0.1, -0.05) is 84.9 Å². The third kappa shape index (κ3) is 2.77. The molecule has 0 unspecified atom stereocenters. The number of hydrogen-bond donors (Lipinski definition) is 0. The molecule has 3 aromatic carbocycles. The Morgan fingerprint density at radius 1 is 0.769 bits per heavy atom. The van der Waals surface area contributed by atoms with Gasteiger partial charge in [0, 0.05) is 5.41 Å². The van der Waals surface area contributed by atoms with E-state index in [-0.39, 0.29) is 11.5 Å². The quantitative estimate of drug-likeness (QED) is 0.608. The highest BCUT2D eigenvalue weighted by Crippen LogP contribution is 2.53. The van der Waals surface area contributed by atoms with E-state index in [0.29, 0.717) is 6.10 Å². The molecule has 0 radical (unpaired) electrons. The van der Waals surface area contributed by atoms with Crippen molar-refractivity contribution in [2.45, 2.75) is 37.9 Å². The fraction of sp³-hybridized carbons (Fsp3) is 0.280. The van der Waals surface area contributed by atoms with E-state index in [0.717, 1.165) is 25.7 Å². The Hall–Kier alpha value is -2.38. The normalized spacial score (nSPS) is 26.9. The molecule has 1 saturated heterocycles. The predicted molar refractivity (Wildman–Crippen MR) is 105 cm³/mol. The van der Waals surface area contributed by atoms with Gasteiger partial charge in [-0.3, -0.25) is 0 Å². The molecule has 1 nitrogen and oxygen atoms in total. The van der Waals surface area contributed by atoms with Crippen LogP contribution in [0.15, 0.2) is 84.9 Å². The maximum Gasteiger partial charge on any atom is 0.0835 e. The SMILES string of the molecule is c1ccc(C[C@]23Cc4ccccc4C[C@H]2O[C@H](c2ccccc2)C3)cc1. The monoisotopic (exact) mass is 340 g/mol. The molecule has 0 N–H and O–H groups in total. The lowest BCUT2D eigenvalue weighted by Gasteiger charge is -2.39. The van der Waals surface area contributed by atoms with Crippen LogP contribution < -0.4 is 0 Å². The Morgan fingerprint density at radius 2 is 1.42 bits per heavy atom. The van der Waals surface area contributed by atoms with Gasteiger partial charge < -0.3 is 4.74 Å². The molecule has 0 bridgehead atoms. The number of hydrogen-bond acceptors (Lipinski definition) is 1. The minimum absolute atomic E-state index is 0.191. The molecule has 3 aromatic rings. The van der Waals surface area contributed by atoms with Gasteiger partial charge in [-0.05, 0) is 47.9 Å². The molecule has 1 fully saturated rings. The summed E-state index contributed by atoms with van der Waals surface area (Å²) in [4.78, 5) is 0. The molecule has 130 valence electrons. The average molecular weight is 340 g/mol. The smallest absolute Gasteiger partial charge is 0.0835 e. The molecule has 0 amide bonds. The maximum absolute atomic E-state index is 6.68. The molecular formula is C25H24O. The fourth-order valence-corrected chi connectivity index (χ4v) is 4.97. The van der Waals surface area contributed by atoms with Crippen LogP contribution in [0.1, 0.15) is 34.8 Å². The maximum atomic E-state index is 6.68. The van der Waals surface area contributed by atoms with Gasteiger partial charge in [-0.2, -0.15) is 0 Å². The van der Waals surface area contributed by atoms with Crippen LogP contribution in [0.5, 0.6) is 0 Å². The van der Waals surface area contributed by atoms with Crippen LogP contribution in [0.3, 0.4) is 0 Å². The van der Waals surface area contributed by atoms with Gasteiger partial charge in [-0.15, -0.1) is 0 Å². The van der Waals surface area contributed by atoms with Crippen molar-refractivity contribution < 1.29 is 4.74 Å². The zero-order valence-electron chi connectivity index (χ0n) is 15.0. The molecule has 0 saturated carbocycles. The van der Waals surface area contributed by atoms with Crippen LogP contribution >= 0.6 is 0 Å². The summed E-state index contributed by atoms with van der Waals surface area (Å²) in [6, 6.07) is 30.6. The summed E-state index contributed by atoms with van der Waals surface area (Å²) in [5, 5.41) is 0. The average Bonchev–Trinajstić information content (AvgIpc) is 3.05. The summed E-state index contributed by atoms with van der Waals surface area (Å²) >= 11 is 0. The Balaban J connectivity index is 1.53. The van der Waals surface area contributed by atoms with Crippen LogP contribution in [-0.4, -0.2) is 6.10 Å². The Morgan fingerprint density at radius 3 is 2.19 bits per heavy atom. The fourth-order valence-electron chi connectivity index (χ4n) is 4.97. The van der Waals surface area contributed by atoms with Crippen molar-refractivity contribution in [3.05, 3.63) is 107 Å². The van der Waals surface area contributed by atoms with Gasteiger partial charge >= 0.3 is 0 Å². The second-order valence-electron chi connectivity index (χ2n) is 7.90. The number of rotatable bonds is 3. The lowest BCUT2D eigenvalue weighted by atomic mass is 9.65. The van der Waals surface area contributed by atoms with E-state index in [9.17, 15) is 0 Å². The van der Waals surface area contributed by atoms with Crippen LogP contribution in [0.4, 0.5) is 0 Å². The first kappa shape index (κ1) is 15.8. The van der Waals surface area contributed by atoms with Crippen molar-refractivity contribution in [3.63, 3.8) is 0 Å². The predicted octanol–water partition coefficient (Wildman–Crippen LogP) is 5.54. The summed E-state index contributed by atoms with van der Waals surface area (Å²) in [5.41, 5.74) is 5.91. The van der Waals surface area contributed by atoms with Crippen LogP contribution in [0, 0.1) is 5.41 Å². The van der Waals surface area contributed by atoms with Crippen molar-refractivity contribution >= 4 is 0 Å². The molecule has 26 heavy (non-hydrogen) atoms. The summed E-state index contributed by atoms with van der Waals surface area (Å²) in [7, 11) is 0. The van der Waals surface area contributed by atoms with Crippen molar-refractivity contribution in [2.24, 2.45) is 5.41 Å². The number of benzene rings is 3. The first-order valence-electron chi connectivity index (χ1n) is 9.64. The summed E-state index contributed by atoms with van der Waals surface area (Å²) < 4.78 is 6.68. The lowest BCUT2D eigenvalue weighted by Crippen LogP contribution is -2.40. The van der Waals surface area contributed by atoms with Gasteiger partial charge in [0.05, 0.1) is 12.2 Å². The van der Waals surface area contributed by atoms with Crippen LogP contribution in [-0.2, 0) is 24.0 Å². The first-order chi connectivity index (χ1) is 12.8. The van der Waals surface area contributed by atoms with Gasteiger partial charge in [-0.25, -0.2) is 0 Å². The molecule has 1 aliphatic heterocycles. The third-order valence-electron chi connectivity index (χ3n) is 6.24. The standard InChI is InChI=1S/C25H24O/c1-3-9-19(10-4-1)16-25-17-22-14-8-7-13-21(22)15-24(25)26-23(18-25)20-11-5-2-6-12-20/h1-14,23-24H,15-18H2/t23-,24+,25+/m0/s1. The topological polar surface area (TPSA) is 9.23 Å². The van der Waals surface area contributed by atoms with Gasteiger partial charge in [0.25, 0.3) is 0 Å². The third-order valence-corrected chi connectivity index (χ3v) is 6.24. The van der Waals surface area contributed by atoms with Crippen LogP contribution in [0.2, 0.25) is 0 Å². The Labute approximate surface area is 155 Å². The zero-order chi connectivity index (χ0) is 17.4. The summed E-state index contributed by atoms with van der Waals surface area (Å²) in [6.07, 6.45) is 4.85. The molecule has 3 atom stereocenters. The second-order valence-corrected chi connectivity index (χ2v) is 7.90. The van der Waals surface area contributed by atoms with E-state index in [2.05, 4.69) is 84.9 Å². The highest BCUT2D eigenvalue weighted by Gasteiger charge is 2.50. The molecule has 1 heteroatoms. The first-order valence-corrected chi connectivity index (χ1v) is 9.64. The van der Waals surface area contributed by atoms with Crippen molar-refractivity contribution in [3.8, 4) is 0 Å². The Bertz CT molecular complexity index is 886. The number of ether oxygens (including phenoxy) is 1. The van der Waals surface area contributed by atoms with E-state index in [1.807, 2.05) is 0 Å². The van der Waals surface area contributed by atoms with E-state index >= 15 is 0 Å².